The summed E-state index contributed by atoms with van der Waals surface area (Å²) in [6.45, 7) is 8.07. The van der Waals surface area contributed by atoms with Crippen molar-refractivity contribution >= 4 is 27.3 Å². The predicted molar refractivity (Wildman–Crippen MR) is 111 cm³/mol. The minimum Gasteiger partial charge on any atom is -0.494 e. The Morgan fingerprint density at radius 3 is 2.43 bits per heavy atom. The van der Waals surface area contributed by atoms with Gasteiger partial charge >= 0.3 is 0 Å². The summed E-state index contributed by atoms with van der Waals surface area (Å²) in [5.74, 6) is 0.668. The molecule has 3 rings (SSSR count). The number of anilines is 2. The molecule has 0 fully saturated rings. The molecule has 2 aromatic carbocycles. The third-order valence-corrected chi connectivity index (χ3v) is 6.82. The lowest BCUT2D eigenvalue weighted by Gasteiger charge is -2.24. The van der Waals surface area contributed by atoms with Crippen LogP contribution in [0.2, 0.25) is 0 Å². The minimum atomic E-state index is -3.72. The Hall–Kier alpha value is -2.54. The van der Waals surface area contributed by atoms with Crippen molar-refractivity contribution in [1.29, 1.82) is 0 Å². The lowest BCUT2D eigenvalue weighted by atomic mass is 10.1. The average Bonchev–Trinajstić information content (AvgIpc) is 2.98. The Balaban J connectivity index is 1.95. The molecule has 1 atom stereocenters. The Morgan fingerprint density at radius 1 is 1.18 bits per heavy atom. The van der Waals surface area contributed by atoms with Crippen molar-refractivity contribution in [2.75, 3.05) is 22.4 Å². The number of benzene rings is 2. The summed E-state index contributed by atoms with van der Waals surface area (Å²) in [6, 6.07) is 12.1. The lowest BCUT2D eigenvalue weighted by Crippen LogP contribution is -2.33. The number of hydrogen-bond donors (Lipinski definition) is 0. The van der Waals surface area contributed by atoms with Crippen molar-refractivity contribution in [3.05, 3.63) is 48.0 Å². The number of rotatable bonds is 6. The first-order valence-electron chi connectivity index (χ1n) is 9.47. The van der Waals surface area contributed by atoms with Gasteiger partial charge in [-0.25, -0.2) is 8.42 Å². The van der Waals surface area contributed by atoms with Crippen LogP contribution in [0.3, 0.4) is 0 Å². The van der Waals surface area contributed by atoms with Crippen LogP contribution in [0.5, 0.6) is 5.75 Å². The molecule has 0 spiro atoms. The number of hydrogen-bond acceptors (Lipinski definition) is 4. The first-order chi connectivity index (χ1) is 13.3. The van der Waals surface area contributed by atoms with Crippen molar-refractivity contribution in [2.24, 2.45) is 0 Å². The topological polar surface area (TPSA) is 66.9 Å². The van der Waals surface area contributed by atoms with Gasteiger partial charge in [-0.15, -0.1) is 0 Å². The molecule has 0 radical (unpaired) electrons. The molecule has 28 heavy (non-hydrogen) atoms. The maximum Gasteiger partial charge on any atom is 0.264 e. The van der Waals surface area contributed by atoms with Gasteiger partial charge in [-0.3, -0.25) is 9.10 Å². The third kappa shape index (κ3) is 3.58. The van der Waals surface area contributed by atoms with E-state index in [1.807, 2.05) is 13.8 Å². The van der Waals surface area contributed by atoms with Gasteiger partial charge in [0.2, 0.25) is 5.91 Å². The third-order valence-electron chi connectivity index (χ3n) is 4.92. The first kappa shape index (κ1) is 20.2. The lowest BCUT2D eigenvalue weighted by molar-refractivity contribution is -0.116. The highest BCUT2D eigenvalue weighted by Crippen LogP contribution is 2.35. The zero-order valence-electron chi connectivity index (χ0n) is 16.7. The number of fused-ring (bicyclic) bond motifs is 1. The van der Waals surface area contributed by atoms with Crippen molar-refractivity contribution in [2.45, 2.75) is 45.1 Å². The maximum absolute atomic E-state index is 13.3. The van der Waals surface area contributed by atoms with Gasteiger partial charge in [0, 0.05) is 25.2 Å². The van der Waals surface area contributed by atoms with Gasteiger partial charge in [0.05, 0.1) is 17.2 Å². The number of nitrogens with zero attached hydrogens (tertiary/aromatic N) is 2. The van der Waals surface area contributed by atoms with E-state index in [0.717, 1.165) is 11.3 Å². The van der Waals surface area contributed by atoms with Crippen LogP contribution in [0.15, 0.2) is 47.4 Å². The normalized spacial score (nSPS) is 16.0. The molecule has 1 heterocycles. The molecule has 7 heteroatoms. The average molecular weight is 403 g/mol. The van der Waals surface area contributed by atoms with Crippen LogP contribution >= 0.6 is 0 Å². The smallest absolute Gasteiger partial charge is 0.264 e. The molecule has 1 aliphatic heterocycles. The number of ether oxygens (including phenoxy) is 1. The molecular weight excluding hydrogens is 376 g/mol. The zero-order chi connectivity index (χ0) is 20.5. The molecule has 0 aromatic heterocycles. The molecule has 0 aliphatic carbocycles. The molecule has 1 amide bonds. The summed E-state index contributed by atoms with van der Waals surface area (Å²) in [5, 5.41) is 0. The molecular formula is C21H26N2O4S. The second kappa shape index (κ2) is 7.83. The van der Waals surface area contributed by atoms with Crippen LogP contribution in [0.25, 0.3) is 0 Å². The summed E-state index contributed by atoms with van der Waals surface area (Å²) in [4.78, 5) is 13.9. The second-order valence-corrected chi connectivity index (χ2v) is 8.69. The van der Waals surface area contributed by atoms with E-state index < -0.39 is 10.0 Å². The zero-order valence-corrected chi connectivity index (χ0v) is 17.5. The van der Waals surface area contributed by atoms with E-state index >= 15 is 0 Å². The molecule has 1 aliphatic rings. The van der Waals surface area contributed by atoms with Crippen LogP contribution in [0.4, 0.5) is 11.4 Å². The van der Waals surface area contributed by atoms with E-state index in [2.05, 4.69) is 0 Å². The van der Waals surface area contributed by atoms with E-state index in [4.69, 9.17) is 4.74 Å². The van der Waals surface area contributed by atoms with Crippen molar-refractivity contribution in [3.8, 4) is 5.75 Å². The first-order valence-corrected chi connectivity index (χ1v) is 10.9. The number of amides is 1. The molecule has 0 bridgehead atoms. The Morgan fingerprint density at radius 2 is 1.86 bits per heavy atom. The van der Waals surface area contributed by atoms with E-state index in [1.54, 1.807) is 54.3 Å². The largest absolute Gasteiger partial charge is 0.494 e. The van der Waals surface area contributed by atoms with Crippen LogP contribution in [-0.4, -0.2) is 33.5 Å². The highest BCUT2D eigenvalue weighted by atomic mass is 32.2. The van der Waals surface area contributed by atoms with E-state index in [0.29, 0.717) is 31.0 Å². The molecule has 2 aromatic rings. The maximum atomic E-state index is 13.3. The number of carbonyl (C=O) groups excluding carboxylic acids is 1. The molecule has 150 valence electrons. The SMILES string of the molecule is CCOc1ccc(N(CC)S(=O)(=O)c2ccc3c(c2)CC(C)N3C(C)=O)cc1. The van der Waals surface area contributed by atoms with Gasteiger partial charge in [-0.1, -0.05) is 0 Å². The highest BCUT2D eigenvalue weighted by Gasteiger charge is 2.31. The van der Waals surface area contributed by atoms with Crippen molar-refractivity contribution in [1.82, 2.24) is 0 Å². The predicted octanol–water partition coefficient (Wildman–Crippen LogP) is 3.60. The quantitative estimate of drug-likeness (QED) is 0.740. The Labute approximate surface area is 166 Å². The summed E-state index contributed by atoms with van der Waals surface area (Å²) in [5.41, 5.74) is 2.26. The summed E-state index contributed by atoms with van der Waals surface area (Å²) < 4.78 is 33.4. The van der Waals surface area contributed by atoms with Gasteiger partial charge in [-0.05, 0) is 75.2 Å². The number of carbonyl (C=O) groups is 1. The highest BCUT2D eigenvalue weighted by molar-refractivity contribution is 7.92. The van der Waals surface area contributed by atoms with E-state index in [-0.39, 0.29) is 16.8 Å². The van der Waals surface area contributed by atoms with Gasteiger partial charge < -0.3 is 9.64 Å². The fraction of sp³-hybridized carbons (Fsp3) is 0.381. The Kier molecular flexibility index (Phi) is 5.65. The number of sulfonamides is 1. The summed E-state index contributed by atoms with van der Waals surface area (Å²) in [7, 11) is -3.72. The van der Waals surface area contributed by atoms with E-state index in [1.165, 1.54) is 11.2 Å². The van der Waals surface area contributed by atoms with Gasteiger partial charge in [-0.2, -0.15) is 0 Å². The fourth-order valence-corrected chi connectivity index (χ4v) is 5.27. The Bertz CT molecular complexity index is 970. The summed E-state index contributed by atoms with van der Waals surface area (Å²) >= 11 is 0. The van der Waals surface area contributed by atoms with Crippen molar-refractivity contribution < 1.29 is 17.9 Å². The monoisotopic (exact) mass is 402 g/mol. The van der Waals surface area contributed by atoms with Gasteiger partial charge in [0.25, 0.3) is 10.0 Å². The van der Waals surface area contributed by atoms with Crippen molar-refractivity contribution in [3.63, 3.8) is 0 Å². The van der Waals surface area contributed by atoms with Crippen LogP contribution in [-0.2, 0) is 21.2 Å². The van der Waals surface area contributed by atoms with Crippen LogP contribution in [0, 0.1) is 0 Å². The minimum absolute atomic E-state index is 0.0267. The molecule has 0 saturated carbocycles. The molecule has 6 nitrogen and oxygen atoms in total. The molecule has 0 N–H and O–H groups in total. The fourth-order valence-electron chi connectivity index (χ4n) is 3.74. The molecule has 1 unspecified atom stereocenters. The molecule has 0 saturated heterocycles. The van der Waals surface area contributed by atoms with Crippen LogP contribution in [0.1, 0.15) is 33.3 Å². The van der Waals surface area contributed by atoms with Crippen LogP contribution < -0.4 is 13.9 Å². The summed E-state index contributed by atoms with van der Waals surface area (Å²) in [6.07, 6.45) is 0.646. The van der Waals surface area contributed by atoms with Gasteiger partial charge in [0.15, 0.2) is 0 Å². The second-order valence-electron chi connectivity index (χ2n) is 6.83. The standard InChI is InChI=1S/C21H26N2O4S/c1-5-22(18-7-9-19(10-8-18)27-6-2)28(25,26)20-11-12-21-17(14-20)13-15(3)23(21)16(4)24/h7-12,14-15H,5-6,13H2,1-4H3. The van der Waals surface area contributed by atoms with Gasteiger partial charge in [0.1, 0.15) is 5.75 Å². The van der Waals surface area contributed by atoms with E-state index in [9.17, 15) is 13.2 Å².